The summed E-state index contributed by atoms with van der Waals surface area (Å²) in [4.78, 5) is 46.2. The van der Waals surface area contributed by atoms with Gasteiger partial charge in [-0.05, 0) is 12.8 Å². The van der Waals surface area contributed by atoms with Crippen LogP contribution in [0, 0.1) is 5.41 Å². The molecule has 0 spiro atoms. The van der Waals surface area contributed by atoms with Gasteiger partial charge in [-0.3, -0.25) is 14.4 Å². The molecule has 0 radical (unpaired) electrons. The molecule has 20 heavy (non-hydrogen) atoms. The van der Waals surface area contributed by atoms with Crippen molar-refractivity contribution in [2.45, 2.75) is 39.2 Å². The van der Waals surface area contributed by atoms with Crippen LogP contribution in [0.3, 0.4) is 0 Å². The fourth-order valence-electron chi connectivity index (χ4n) is 1.59. The Morgan fingerprint density at radius 1 is 1.35 bits per heavy atom. The van der Waals surface area contributed by atoms with Gasteiger partial charge >= 0.3 is 0 Å². The Balaban J connectivity index is 4.32. The van der Waals surface area contributed by atoms with Gasteiger partial charge in [0.25, 0.3) is 0 Å². The topological polar surface area (TPSA) is 107 Å². The Kier molecular flexibility index (Phi) is 8.82. The van der Waals surface area contributed by atoms with Crippen LogP contribution >= 0.6 is 0 Å². The van der Waals surface area contributed by atoms with Crippen LogP contribution in [0.2, 0.25) is 0 Å². The second-order valence-electron chi connectivity index (χ2n) is 4.40. The third-order valence-electron chi connectivity index (χ3n) is 2.65. The van der Waals surface area contributed by atoms with Gasteiger partial charge in [0.05, 0.1) is 18.8 Å². The van der Waals surface area contributed by atoms with E-state index in [0.29, 0.717) is 19.0 Å². The molecule has 0 aromatic heterocycles. The summed E-state index contributed by atoms with van der Waals surface area (Å²) in [6, 6.07) is -0.776. The second kappa shape index (κ2) is 9.82. The summed E-state index contributed by atoms with van der Waals surface area (Å²) >= 11 is 0. The molecule has 2 amide bonds. The van der Waals surface area contributed by atoms with Gasteiger partial charge in [0.2, 0.25) is 11.8 Å². The Bertz CT molecular complexity index is 382. The van der Waals surface area contributed by atoms with E-state index >= 15 is 0 Å². The summed E-state index contributed by atoms with van der Waals surface area (Å²) in [5.74, 6) is -1.04. The maximum atomic E-state index is 11.7. The lowest BCUT2D eigenvalue weighted by Gasteiger charge is -2.21. The molecule has 7 nitrogen and oxygen atoms in total. The molecule has 0 aliphatic carbocycles. The number of carbonyl (C=O) groups excluding carboxylic acids is 4. The molecule has 0 aliphatic heterocycles. The van der Waals surface area contributed by atoms with E-state index in [-0.39, 0.29) is 25.3 Å². The number of rotatable bonds is 10. The first-order valence-corrected chi connectivity index (χ1v) is 6.48. The molecule has 0 saturated heterocycles. The van der Waals surface area contributed by atoms with Crippen LogP contribution in [0.25, 0.3) is 0 Å². The number of nitrogens with zero attached hydrogens (tertiary/aromatic N) is 1. The van der Waals surface area contributed by atoms with Crippen LogP contribution in [-0.4, -0.2) is 54.1 Å². The molecular formula is C13H21N3O4. The van der Waals surface area contributed by atoms with E-state index in [1.807, 2.05) is 6.92 Å². The third-order valence-corrected chi connectivity index (χ3v) is 2.65. The third kappa shape index (κ3) is 7.40. The number of hydrogen-bond donors (Lipinski definition) is 2. The van der Waals surface area contributed by atoms with Crippen molar-refractivity contribution in [1.82, 2.24) is 10.2 Å². The van der Waals surface area contributed by atoms with Crippen molar-refractivity contribution in [3.63, 3.8) is 0 Å². The smallest absolute Gasteiger partial charge is 0.240 e. The maximum absolute atomic E-state index is 11.7. The second-order valence-corrected chi connectivity index (χ2v) is 4.40. The molecule has 7 heteroatoms. The van der Waals surface area contributed by atoms with E-state index < -0.39 is 17.7 Å². The Labute approximate surface area is 118 Å². The SMILES string of the molecule is CCCN(CC(=O)N[C@H](C=O)CCC(=O)C=N)C(C)=O. The van der Waals surface area contributed by atoms with Crippen LogP contribution in [0.15, 0.2) is 0 Å². The molecule has 0 unspecified atom stereocenters. The molecule has 0 rings (SSSR count). The van der Waals surface area contributed by atoms with Crippen molar-refractivity contribution in [3.8, 4) is 0 Å². The molecular weight excluding hydrogens is 262 g/mol. The number of carbonyl (C=O) groups is 4. The minimum Gasteiger partial charge on any atom is -0.345 e. The first kappa shape index (κ1) is 17.9. The van der Waals surface area contributed by atoms with Crippen molar-refractivity contribution in [1.29, 1.82) is 5.41 Å². The highest BCUT2D eigenvalue weighted by Gasteiger charge is 2.16. The Morgan fingerprint density at radius 2 is 2.00 bits per heavy atom. The highest BCUT2D eigenvalue weighted by atomic mass is 16.2. The molecule has 1 atom stereocenters. The zero-order chi connectivity index (χ0) is 15.5. The van der Waals surface area contributed by atoms with Crippen molar-refractivity contribution < 1.29 is 19.2 Å². The summed E-state index contributed by atoms with van der Waals surface area (Å²) in [5.41, 5.74) is 0. The number of ketones is 1. The van der Waals surface area contributed by atoms with Gasteiger partial charge in [0.15, 0.2) is 5.78 Å². The summed E-state index contributed by atoms with van der Waals surface area (Å²) in [6.45, 7) is 3.64. The summed E-state index contributed by atoms with van der Waals surface area (Å²) in [5, 5.41) is 9.20. The van der Waals surface area contributed by atoms with Gasteiger partial charge in [-0.25, -0.2) is 0 Å². The fourth-order valence-corrected chi connectivity index (χ4v) is 1.59. The fraction of sp³-hybridized carbons (Fsp3) is 0.615. The van der Waals surface area contributed by atoms with E-state index in [4.69, 9.17) is 5.41 Å². The van der Waals surface area contributed by atoms with Gasteiger partial charge < -0.3 is 20.4 Å². The quantitative estimate of drug-likeness (QED) is 0.432. The zero-order valence-corrected chi connectivity index (χ0v) is 11.8. The van der Waals surface area contributed by atoms with Crippen LogP contribution < -0.4 is 5.32 Å². The molecule has 112 valence electrons. The highest BCUT2D eigenvalue weighted by molar-refractivity contribution is 6.26. The zero-order valence-electron chi connectivity index (χ0n) is 11.8. The van der Waals surface area contributed by atoms with Crippen molar-refractivity contribution >= 4 is 30.1 Å². The molecule has 0 aliphatic rings. The first-order chi connectivity index (χ1) is 9.44. The minimum absolute atomic E-state index is 0.0264. The standard InChI is InChI=1S/C13H21N3O4/c1-3-6-16(10(2)18)8-13(20)15-11(9-17)4-5-12(19)7-14/h7,9,11,14H,3-6,8H2,1-2H3,(H,15,20)/t11-/m0/s1. The number of Topliss-reactive ketones (excluding diaryl/α,β-unsaturated/α-hetero) is 1. The van der Waals surface area contributed by atoms with Crippen LogP contribution in [-0.2, 0) is 19.2 Å². The number of nitrogens with one attached hydrogen (secondary N) is 2. The molecule has 0 bridgehead atoms. The summed E-state index contributed by atoms with van der Waals surface area (Å²) < 4.78 is 0. The van der Waals surface area contributed by atoms with Crippen molar-refractivity contribution in [3.05, 3.63) is 0 Å². The van der Waals surface area contributed by atoms with E-state index in [2.05, 4.69) is 5.32 Å². The summed E-state index contributed by atoms with van der Waals surface area (Å²) in [6.07, 6.45) is 2.14. The van der Waals surface area contributed by atoms with Crippen LogP contribution in [0.5, 0.6) is 0 Å². The van der Waals surface area contributed by atoms with Crippen molar-refractivity contribution in [2.75, 3.05) is 13.1 Å². The normalized spacial score (nSPS) is 11.3. The van der Waals surface area contributed by atoms with Gasteiger partial charge in [-0.2, -0.15) is 0 Å². The lowest BCUT2D eigenvalue weighted by Crippen LogP contribution is -2.44. The van der Waals surface area contributed by atoms with Gasteiger partial charge in [-0.15, -0.1) is 0 Å². The van der Waals surface area contributed by atoms with E-state index in [1.54, 1.807) is 0 Å². The van der Waals surface area contributed by atoms with Gasteiger partial charge in [-0.1, -0.05) is 6.92 Å². The minimum atomic E-state index is -0.776. The molecule has 0 aromatic rings. The van der Waals surface area contributed by atoms with E-state index in [0.717, 1.165) is 6.42 Å². The Morgan fingerprint density at radius 3 is 2.45 bits per heavy atom. The number of amides is 2. The van der Waals surface area contributed by atoms with Gasteiger partial charge in [0, 0.05) is 19.9 Å². The lowest BCUT2D eigenvalue weighted by molar-refractivity contribution is -0.134. The van der Waals surface area contributed by atoms with E-state index in [9.17, 15) is 19.2 Å². The average molecular weight is 283 g/mol. The predicted molar refractivity (Wildman–Crippen MR) is 73.6 cm³/mol. The highest BCUT2D eigenvalue weighted by Crippen LogP contribution is 1.97. The first-order valence-electron chi connectivity index (χ1n) is 6.48. The molecule has 0 fully saturated rings. The van der Waals surface area contributed by atoms with Gasteiger partial charge in [0.1, 0.15) is 6.29 Å². The van der Waals surface area contributed by atoms with Crippen LogP contribution in [0.4, 0.5) is 0 Å². The maximum Gasteiger partial charge on any atom is 0.240 e. The largest absolute Gasteiger partial charge is 0.345 e. The number of hydrogen-bond acceptors (Lipinski definition) is 5. The summed E-state index contributed by atoms with van der Waals surface area (Å²) in [7, 11) is 0. The molecule has 2 N–H and O–H groups in total. The average Bonchev–Trinajstić information content (AvgIpc) is 2.42. The predicted octanol–water partition coefficient (Wildman–Crippen LogP) is -0.0725. The van der Waals surface area contributed by atoms with E-state index in [1.165, 1.54) is 11.8 Å². The van der Waals surface area contributed by atoms with Crippen LogP contribution in [0.1, 0.15) is 33.1 Å². The lowest BCUT2D eigenvalue weighted by atomic mass is 10.1. The Hall–Kier alpha value is -2.05. The number of aldehydes is 1. The monoisotopic (exact) mass is 283 g/mol. The molecule has 0 aromatic carbocycles. The molecule has 0 heterocycles. The van der Waals surface area contributed by atoms with Crippen molar-refractivity contribution in [2.24, 2.45) is 0 Å². The molecule has 0 saturated carbocycles.